The third kappa shape index (κ3) is 8.50. The summed E-state index contributed by atoms with van der Waals surface area (Å²) in [7, 11) is 0. The topological polar surface area (TPSA) is 59.0 Å². The number of carbonyl (C=O) groups is 2. The summed E-state index contributed by atoms with van der Waals surface area (Å²) >= 11 is 7.75. The molecule has 0 atom stereocenters. The Labute approximate surface area is 273 Å². The number of hydrogen-bond donors (Lipinski definition) is 0. The van der Waals surface area contributed by atoms with Crippen LogP contribution in [0.3, 0.4) is 0 Å². The number of rotatable bonds is 12. The van der Waals surface area contributed by atoms with Crippen LogP contribution in [0, 0.1) is 6.92 Å². The van der Waals surface area contributed by atoms with E-state index in [1.807, 2.05) is 134 Å². The first-order valence-corrected chi connectivity index (χ1v) is 16.0. The van der Waals surface area contributed by atoms with E-state index in [0.717, 1.165) is 50.3 Å². The Balaban J connectivity index is 1.36. The summed E-state index contributed by atoms with van der Waals surface area (Å²) in [6.45, 7) is 3.29. The van der Waals surface area contributed by atoms with E-state index in [4.69, 9.17) is 16.4 Å². The molecule has 0 aliphatic rings. The lowest BCUT2D eigenvalue weighted by Gasteiger charge is -2.26. The monoisotopic (exact) mass is 632 g/mol. The van der Waals surface area contributed by atoms with Gasteiger partial charge in [-0.15, -0.1) is 11.8 Å². The Morgan fingerprint density at radius 1 is 0.733 bits per heavy atom. The first-order chi connectivity index (χ1) is 21.9. The molecule has 0 amide bonds. The van der Waals surface area contributed by atoms with Crippen molar-refractivity contribution in [2.45, 2.75) is 31.6 Å². The van der Waals surface area contributed by atoms with E-state index in [0.29, 0.717) is 23.3 Å². The number of ketones is 1. The van der Waals surface area contributed by atoms with Gasteiger partial charge in [0.2, 0.25) is 0 Å². The van der Waals surface area contributed by atoms with Gasteiger partial charge in [0.25, 0.3) is 0 Å². The van der Waals surface area contributed by atoms with Gasteiger partial charge in [0.15, 0.2) is 5.78 Å². The normalized spacial score (nSPS) is 11.2. The van der Waals surface area contributed by atoms with Gasteiger partial charge in [0.05, 0.1) is 5.71 Å². The Kier molecular flexibility index (Phi) is 10.9. The van der Waals surface area contributed by atoms with Crippen molar-refractivity contribution in [2.24, 2.45) is 5.16 Å². The van der Waals surface area contributed by atoms with Crippen molar-refractivity contribution in [1.29, 1.82) is 0 Å². The van der Waals surface area contributed by atoms with Crippen LogP contribution >= 0.6 is 23.4 Å². The van der Waals surface area contributed by atoms with E-state index in [1.165, 1.54) is 6.92 Å². The zero-order valence-electron chi connectivity index (χ0n) is 25.2. The number of nitrogens with zero attached hydrogens (tertiary/aromatic N) is 2. The molecule has 0 heterocycles. The van der Waals surface area contributed by atoms with Crippen molar-refractivity contribution in [3.63, 3.8) is 0 Å². The van der Waals surface area contributed by atoms with Crippen molar-refractivity contribution in [1.82, 2.24) is 0 Å². The molecule has 0 aliphatic heterocycles. The second-order valence-corrected chi connectivity index (χ2v) is 12.0. The van der Waals surface area contributed by atoms with Gasteiger partial charge in [-0.05, 0) is 109 Å². The summed E-state index contributed by atoms with van der Waals surface area (Å²) in [6, 6.07) is 41.2. The van der Waals surface area contributed by atoms with Crippen LogP contribution in [0.5, 0.6) is 0 Å². The molecule has 0 saturated carbocycles. The number of carbonyl (C=O) groups excluding carboxylic acids is 2. The van der Waals surface area contributed by atoms with E-state index in [-0.39, 0.29) is 5.78 Å². The predicted octanol–water partition coefficient (Wildman–Crippen LogP) is 10.2. The van der Waals surface area contributed by atoms with Crippen LogP contribution < -0.4 is 4.90 Å². The summed E-state index contributed by atoms with van der Waals surface area (Å²) in [5.74, 6) is 0.420. The second kappa shape index (κ2) is 15.4. The fourth-order valence-electron chi connectivity index (χ4n) is 4.89. The number of halogens is 1. The Morgan fingerprint density at radius 3 is 1.93 bits per heavy atom. The SMILES string of the molecule is CC(=O)O/N=C(\CCCSc1ccc(Cl)cc1)c1ccc(N(c2ccccc2)c2ccc(C(=O)c3ccccc3C)cc2)cc1. The zero-order chi connectivity index (χ0) is 31.6. The highest BCUT2D eigenvalue weighted by atomic mass is 35.5. The average Bonchev–Trinajstić information content (AvgIpc) is 3.06. The molecule has 226 valence electrons. The maximum atomic E-state index is 13.2. The quantitative estimate of drug-likeness (QED) is 0.0342. The van der Waals surface area contributed by atoms with Crippen molar-refractivity contribution in [3.05, 3.63) is 155 Å². The lowest BCUT2D eigenvalue weighted by Crippen LogP contribution is -2.11. The van der Waals surface area contributed by atoms with Crippen molar-refractivity contribution >= 4 is 57.9 Å². The number of benzene rings is 5. The van der Waals surface area contributed by atoms with Gasteiger partial charge < -0.3 is 9.74 Å². The summed E-state index contributed by atoms with van der Waals surface area (Å²) in [4.78, 5) is 33.1. The third-order valence-electron chi connectivity index (χ3n) is 7.18. The molecule has 0 N–H and O–H groups in total. The van der Waals surface area contributed by atoms with Gasteiger partial charge in [-0.1, -0.05) is 71.4 Å². The molecule has 5 nitrogen and oxygen atoms in total. The summed E-state index contributed by atoms with van der Waals surface area (Å²) in [5, 5.41) is 4.91. The van der Waals surface area contributed by atoms with E-state index in [1.54, 1.807) is 11.8 Å². The molecule has 0 saturated heterocycles. The first kappa shape index (κ1) is 31.8. The summed E-state index contributed by atoms with van der Waals surface area (Å²) in [5.41, 5.74) is 6.72. The van der Waals surface area contributed by atoms with Gasteiger partial charge in [0.1, 0.15) is 0 Å². The fourth-order valence-corrected chi connectivity index (χ4v) is 5.87. The van der Waals surface area contributed by atoms with Gasteiger partial charge in [0, 0.05) is 45.0 Å². The lowest BCUT2D eigenvalue weighted by atomic mass is 9.99. The van der Waals surface area contributed by atoms with E-state index in [9.17, 15) is 9.59 Å². The number of thioether (sulfide) groups is 1. The minimum Gasteiger partial charge on any atom is -0.318 e. The highest BCUT2D eigenvalue weighted by Gasteiger charge is 2.16. The number of hydrogen-bond acceptors (Lipinski definition) is 6. The van der Waals surface area contributed by atoms with Crippen LogP contribution in [0.1, 0.15) is 46.8 Å². The molecule has 0 bridgehead atoms. The zero-order valence-corrected chi connectivity index (χ0v) is 26.7. The Morgan fingerprint density at radius 2 is 1.31 bits per heavy atom. The summed E-state index contributed by atoms with van der Waals surface area (Å²) < 4.78 is 0. The number of para-hydroxylation sites is 1. The number of anilines is 3. The van der Waals surface area contributed by atoms with Crippen LogP contribution in [0.15, 0.2) is 137 Å². The van der Waals surface area contributed by atoms with Crippen LogP contribution in [0.2, 0.25) is 5.02 Å². The van der Waals surface area contributed by atoms with Crippen molar-refractivity contribution in [3.8, 4) is 0 Å². The van der Waals surface area contributed by atoms with Crippen LogP contribution in [0.25, 0.3) is 0 Å². The smallest absolute Gasteiger partial charge is 0.318 e. The van der Waals surface area contributed by atoms with E-state index >= 15 is 0 Å². The maximum Gasteiger partial charge on any atom is 0.331 e. The molecule has 0 fully saturated rings. The number of aryl methyl sites for hydroxylation is 1. The predicted molar refractivity (Wildman–Crippen MR) is 185 cm³/mol. The highest BCUT2D eigenvalue weighted by molar-refractivity contribution is 7.99. The summed E-state index contributed by atoms with van der Waals surface area (Å²) in [6.07, 6.45) is 1.49. The molecule has 7 heteroatoms. The molecular formula is C38H33ClN2O3S. The number of oxime groups is 1. The molecule has 0 unspecified atom stereocenters. The minimum absolute atomic E-state index is 0.00132. The van der Waals surface area contributed by atoms with Gasteiger partial charge in [-0.2, -0.15) is 0 Å². The van der Waals surface area contributed by atoms with Crippen LogP contribution in [-0.4, -0.2) is 23.2 Å². The molecule has 0 radical (unpaired) electrons. The van der Waals surface area contributed by atoms with Crippen LogP contribution in [0.4, 0.5) is 17.1 Å². The third-order valence-corrected chi connectivity index (χ3v) is 8.53. The largest absolute Gasteiger partial charge is 0.331 e. The van der Waals surface area contributed by atoms with Gasteiger partial charge >= 0.3 is 5.97 Å². The van der Waals surface area contributed by atoms with Crippen LogP contribution in [-0.2, 0) is 9.63 Å². The maximum absolute atomic E-state index is 13.2. The standard InChI is InChI=1S/C38H33ClN2O3S/c1-27-9-6-7-12-36(27)38(43)30-16-22-34(23-17-30)41(32-10-4-3-5-11-32)33-20-14-29(15-21-33)37(40-44-28(2)42)13-8-26-45-35-24-18-31(39)19-25-35/h3-7,9-12,14-25H,8,13,26H2,1-2H3/b40-37+. The van der Waals surface area contributed by atoms with E-state index < -0.39 is 5.97 Å². The first-order valence-electron chi connectivity index (χ1n) is 14.7. The van der Waals surface area contributed by atoms with E-state index in [2.05, 4.69) is 10.1 Å². The molecular weight excluding hydrogens is 600 g/mol. The van der Waals surface area contributed by atoms with Gasteiger partial charge in [-0.25, -0.2) is 4.79 Å². The average molecular weight is 633 g/mol. The van der Waals surface area contributed by atoms with Crippen molar-refractivity contribution < 1.29 is 14.4 Å². The molecule has 5 aromatic rings. The van der Waals surface area contributed by atoms with Gasteiger partial charge in [-0.3, -0.25) is 4.79 Å². The Hall–Kier alpha value is -4.65. The molecule has 0 spiro atoms. The molecule has 0 aromatic heterocycles. The van der Waals surface area contributed by atoms with Crippen molar-refractivity contribution in [2.75, 3.05) is 10.7 Å². The molecule has 45 heavy (non-hydrogen) atoms. The minimum atomic E-state index is -0.459. The lowest BCUT2D eigenvalue weighted by molar-refractivity contribution is -0.140. The molecule has 5 aromatic carbocycles. The fraction of sp³-hybridized carbons (Fsp3) is 0.132. The molecule has 0 aliphatic carbocycles. The second-order valence-electron chi connectivity index (χ2n) is 10.4. The Bertz CT molecular complexity index is 1770. The molecule has 5 rings (SSSR count). The highest BCUT2D eigenvalue weighted by Crippen LogP contribution is 2.35.